The second-order valence-corrected chi connectivity index (χ2v) is 12.8. The number of amides is 3. The van der Waals surface area contributed by atoms with Crippen LogP contribution in [0.3, 0.4) is 0 Å². The fraction of sp³-hybridized carbons (Fsp3) is 0.345. The topological polar surface area (TPSA) is 144 Å². The number of anilines is 1. The summed E-state index contributed by atoms with van der Waals surface area (Å²) >= 11 is 17.7. The molecule has 3 fully saturated rings. The molecular formula is C29H27Cl2N7O3S. The Morgan fingerprint density at radius 1 is 1.10 bits per heavy atom. The van der Waals surface area contributed by atoms with Gasteiger partial charge in [0.2, 0.25) is 5.91 Å². The number of nitriles is 1. The zero-order valence-corrected chi connectivity index (χ0v) is 24.9. The maximum atomic E-state index is 14.3. The summed E-state index contributed by atoms with van der Waals surface area (Å²) in [6.07, 6.45) is 3.29. The van der Waals surface area contributed by atoms with E-state index < -0.39 is 28.8 Å². The maximum Gasteiger partial charge on any atom is 0.270 e. The molecule has 2 atom stereocenters. The van der Waals surface area contributed by atoms with Gasteiger partial charge < -0.3 is 26.6 Å². The number of hydrogen-bond acceptors (Lipinski definition) is 7. The lowest BCUT2D eigenvalue weighted by Gasteiger charge is -2.35. The highest BCUT2D eigenvalue weighted by molar-refractivity contribution is 7.80. The van der Waals surface area contributed by atoms with Crippen LogP contribution in [0.15, 0.2) is 54.4 Å². The number of benzene rings is 2. The summed E-state index contributed by atoms with van der Waals surface area (Å²) in [5, 5.41) is 19.0. The molecule has 13 heteroatoms. The Morgan fingerprint density at radius 2 is 1.71 bits per heavy atom. The molecule has 0 spiro atoms. The van der Waals surface area contributed by atoms with Gasteiger partial charge in [0.25, 0.3) is 11.8 Å². The smallest absolute Gasteiger partial charge is 0.270 e. The Labute approximate surface area is 257 Å². The van der Waals surface area contributed by atoms with Gasteiger partial charge in [0.05, 0.1) is 27.8 Å². The summed E-state index contributed by atoms with van der Waals surface area (Å²) in [4.78, 5) is 44.8. The van der Waals surface area contributed by atoms with Crippen molar-refractivity contribution in [2.75, 3.05) is 4.90 Å². The fourth-order valence-electron chi connectivity index (χ4n) is 5.71. The molecule has 42 heavy (non-hydrogen) atoms. The van der Waals surface area contributed by atoms with Gasteiger partial charge in [-0.2, -0.15) is 5.26 Å². The van der Waals surface area contributed by atoms with E-state index in [4.69, 9.17) is 41.2 Å². The van der Waals surface area contributed by atoms with E-state index in [0.29, 0.717) is 47.0 Å². The van der Waals surface area contributed by atoms with E-state index in [1.54, 1.807) is 60.5 Å². The molecule has 2 aromatic rings. The van der Waals surface area contributed by atoms with Gasteiger partial charge in [-0.05, 0) is 68.5 Å². The summed E-state index contributed by atoms with van der Waals surface area (Å²) in [5.74, 6) is -1.10. The van der Waals surface area contributed by atoms with E-state index in [1.807, 2.05) is 0 Å². The van der Waals surface area contributed by atoms with Gasteiger partial charge in [0.1, 0.15) is 16.8 Å². The molecule has 4 aliphatic rings. The van der Waals surface area contributed by atoms with Crippen molar-refractivity contribution in [2.24, 2.45) is 5.73 Å². The molecule has 2 aliphatic heterocycles. The molecule has 0 bridgehead atoms. The third kappa shape index (κ3) is 4.64. The van der Waals surface area contributed by atoms with Crippen LogP contribution in [0.25, 0.3) is 0 Å². The number of fused-ring (bicyclic) bond motifs is 1. The highest BCUT2D eigenvalue weighted by Crippen LogP contribution is 2.44. The minimum atomic E-state index is -1.23. The number of halogens is 2. The standard InChI is InChI=1S/C29H27Cl2N7O3S/c1-27(13-16-2-4-17(14-32)5-3-16)25(41)37(20-11-18(30)10-19(31)12-20)26-34-15-21(38(26)27)22(39)35-29(8-9-29)24(40)36-28(6-7-28)23(33)42/h2-5,10-12,15,26,34H,6-9,13H2,1H3,(H2,33,42)(H,35,39)(H,36,40)/t26?,27-/m1/s1. The molecule has 2 aliphatic carbocycles. The average molecular weight is 625 g/mol. The minimum Gasteiger partial charge on any atom is -0.391 e. The summed E-state index contributed by atoms with van der Waals surface area (Å²) in [6.45, 7) is 1.76. The highest BCUT2D eigenvalue weighted by atomic mass is 35.5. The Hall–Kier alpha value is -3.85. The molecule has 3 amide bonds. The van der Waals surface area contributed by atoms with Gasteiger partial charge in [-0.1, -0.05) is 47.6 Å². The van der Waals surface area contributed by atoms with Gasteiger partial charge >= 0.3 is 0 Å². The fourth-order valence-corrected chi connectivity index (χ4v) is 6.48. The Kier molecular flexibility index (Phi) is 6.64. The van der Waals surface area contributed by atoms with Crippen LogP contribution in [0.5, 0.6) is 0 Å². The zero-order valence-electron chi connectivity index (χ0n) is 22.5. The first-order valence-corrected chi connectivity index (χ1v) is 14.6. The Morgan fingerprint density at radius 3 is 2.26 bits per heavy atom. The van der Waals surface area contributed by atoms with Crippen LogP contribution in [0, 0.1) is 11.3 Å². The molecular weight excluding hydrogens is 597 g/mol. The lowest BCUT2D eigenvalue weighted by molar-refractivity contribution is -0.130. The molecule has 1 saturated heterocycles. The number of rotatable bonds is 8. The Bertz CT molecular complexity index is 1590. The van der Waals surface area contributed by atoms with Crippen molar-refractivity contribution in [3.05, 3.63) is 75.5 Å². The van der Waals surface area contributed by atoms with Crippen molar-refractivity contribution in [3.8, 4) is 6.07 Å². The SMILES string of the molecule is C[C@@]1(Cc2ccc(C#N)cc2)C(=O)N(c2cc(Cl)cc(Cl)c2)C2NC=C(C(=O)NC3(C(=O)NC4(C(N)=S)CC4)CC3)N21. The van der Waals surface area contributed by atoms with Gasteiger partial charge in [-0.3, -0.25) is 19.3 Å². The van der Waals surface area contributed by atoms with Crippen molar-refractivity contribution in [2.45, 2.75) is 61.9 Å². The van der Waals surface area contributed by atoms with Crippen LogP contribution in [-0.4, -0.2) is 50.5 Å². The molecule has 1 unspecified atom stereocenters. The van der Waals surface area contributed by atoms with E-state index in [2.05, 4.69) is 22.0 Å². The van der Waals surface area contributed by atoms with Crippen LogP contribution in [0.4, 0.5) is 5.69 Å². The van der Waals surface area contributed by atoms with Crippen LogP contribution in [0.1, 0.15) is 43.7 Å². The van der Waals surface area contributed by atoms with E-state index >= 15 is 0 Å². The minimum absolute atomic E-state index is 0.203. The molecule has 2 heterocycles. The van der Waals surface area contributed by atoms with Crippen LogP contribution >= 0.6 is 35.4 Å². The number of thiocarbonyl (C=S) groups is 1. The summed E-state index contributed by atoms with van der Waals surface area (Å²) in [5.41, 5.74) is 4.80. The van der Waals surface area contributed by atoms with Crippen molar-refractivity contribution < 1.29 is 14.4 Å². The first-order chi connectivity index (χ1) is 19.9. The number of carbonyl (C=O) groups excluding carboxylic acids is 3. The number of nitrogens with two attached hydrogens (primary N) is 1. The van der Waals surface area contributed by atoms with Crippen molar-refractivity contribution >= 4 is 63.8 Å². The monoisotopic (exact) mass is 623 g/mol. The second-order valence-electron chi connectivity index (χ2n) is 11.4. The van der Waals surface area contributed by atoms with E-state index in [-0.39, 0.29) is 28.9 Å². The molecule has 216 valence electrons. The molecule has 10 nitrogen and oxygen atoms in total. The predicted molar refractivity (Wildman–Crippen MR) is 161 cm³/mol. The molecule has 5 N–H and O–H groups in total. The predicted octanol–water partition coefficient (Wildman–Crippen LogP) is 2.83. The summed E-state index contributed by atoms with van der Waals surface area (Å²) in [7, 11) is 0. The highest BCUT2D eigenvalue weighted by Gasteiger charge is 2.61. The summed E-state index contributed by atoms with van der Waals surface area (Å²) in [6, 6.07) is 13.9. The average Bonchev–Trinajstić information content (AvgIpc) is 3.84. The third-order valence-electron chi connectivity index (χ3n) is 8.43. The van der Waals surface area contributed by atoms with Crippen molar-refractivity contribution in [1.29, 1.82) is 5.26 Å². The molecule has 2 aromatic carbocycles. The number of nitrogens with zero attached hydrogens (tertiary/aromatic N) is 3. The molecule has 0 radical (unpaired) electrons. The normalized spacial score (nSPS) is 24.2. The lowest BCUT2D eigenvalue weighted by Crippen LogP contribution is -2.57. The van der Waals surface area contributed by atoms with Gasteiger partial charge in [-0.25, -0.2) is 0 Å². The number of carbonyl (C=O) groups is 3. The van der Waals surface area contributed by atoms with Crippen LogP contribution < -0.4 is 26.6 Å². The second kappa shape index (κ2) is 9.87. The zero-order chi connectivity index (χ0) is 30.0. The number of nitrogens with one attached hydrogen (secondary N) is 3. The quantitative estimate of drug-likeness (QED) is 0.329. The molecule has 2 saturated carbocycles. The van der Waals surface area contributed by atoms with Crippen LogP contribution in [0.2, 0.25) is 10.0 Å². The first kappa shape index (κ1) is 28.3. The van der Waals surface area contributed by atoms with Gasteiger partial charge in [0.15, 0.2) is 6.29 Å². The number of hydrogen-bond donors (Lipinski definition) is 4. The van der Waals surface area contributed by atoms with Crippen LogP contribution in [-0.2, 0) is 20.8 Å². The van der Waals surface area contributed by atoms with Crippen molar-refractivity contribution in [3.63, 3.8) is 0 Å². The van der Waals surface area contributed by atoms with E-state index in [9.17, 15) is 19.6 Å². The van der Waals surface area contributed by atoms with E-state index in [0.717, 1.165) is 5.56 Å². The third-order valence-corrected chi connectivity index (χ3v) is 9.26. The van der Waals surface area contributed by atoms with Crippen molar-refractivity contribution in [1.82, 2.24) is 20.9 Å². The lowest BCUT2D eigenvalue weighted by atomic mass is 9.90. The first-order valence-electron chi connectivity index (χ1n) is 13.4. The maximum absolute atomic E-state index is 14.3. The van der Waals surface area contributed by atoms with Gasteiger partial charge in [-0.15, -0.1) is 0 Å². The largest absolute Gasteiger partial charge is 0.391 e. The summed E-state index contributed by atoms with van der Waals surface area (Å²) < 4.78 is 0. The van der Waals surface area contributed by atoms with E-state index in [1.165, 1.54) is 4.90 Å². The Balaban J connectivity index is 1.31. The molecule has 6 rings (SSSR count). The molecule has 0 aromatic heterocycles. The van der Waals surface area contributed by atoms with Gasteiger partial charge in [0, 0.05) is 22.7 Å².